The van der Waals surface area contributed by atoms with E-state index < -0.39 is 83.4 Å². The molecule has 266 valence electrons. The molecule has 1 aliphatic heterocycles. The highest BCUT2D eigenvalue weighted by Crippen LogP contribution is 2.64. The van der Waals surface area contributed by atoms with Crippen LogP contribution < -0.4 is 0 Å². The fourth-order valence-corrected chi connectivity index (χ4v) is 16.5. The number of fused-ring (bicyclic) bond motifs is 5. The third-order valence-electron chi connectivity index (χ3n) is 13.5. The average molecular weight is 699 g/mol. The van der Waals surface area contributed by atoms with E-state index in [-0.39, 0.29) is 18.8 Å². The SMILES string of the molecule is CC[Si](CC)(CC)O[C@H]1C(=O)[C@]2(C)[C@@H](O[Si](CC)(CC)CC)C[C@H]3OC[C@@]3(O)[C@H]2[C@H](O)[C@]2(O)C[C@H](O[Si](C)(C)C)C(C)=C1C2(C)C. The van der Waals surface area contributed by atoms with Gasteiger partial charge in [0.25, 0.3) is 0 Å². The monoisotopic (exact) mass is 698 g/mol. The molecule has 8 nitrogen and oxygen atoms in total. The summed E-state index contributed by atoms with van der Waals surface area (Å²) in [5.41, 5.74) is -3.94. The van der Waals surface area contributed by atoms with Gasteiger partial charge in [-0.3, -0.25) is 4.79 Å². The van der Waals surface area contributed by atoms with Gasteiger partial charge in [-0.1, -0.05) is 55.4 Å². The Morgan fingerprint density at radius 2 is 1.35 bits per heavy atom. The van der Waals surface area contributed by atoms with Crippen molar-refractivity contribution in [1.82, 2.24) is 0 Å². The minimum atomic E-state index is -2.41. The lowest BCUT2D eigenvalue weighted by atomic mass is 9.45. The lowest BCUT2D eigenvalue weighted by molar-refractivity contribution is -0.342. The smallest absolute Gasteiger partial charge is 0.193 e. The molecule has 1 heterocycles. The molecule has 46 heavy (non-hydrogen) atoms. The molecular weight excluding hydrogens is 633 g/mol. The van der Waals surface area contributed by atoms with Gasteiger partial charge in [0, 0.05) is 24.2 Å². The van der Waals surface area contributed by atoms with Crippen LogP contribution in [0.15, 0.2) is 11.1 Å². The zero-order chi connectivity index (χ0) is 34.9. The molecule has 0 aromatic carbocycles. The number of rotatable bonds is 12. The number of carbonyl (C=O) groups excluding carboxylic acids is 1. The van der Waals surface area contributed by atoms with Crippen LogP contribution in [0.1, 0.15) is 82.1 Å². The van der Waals surface area contributed by atoms with Gasteiger partial charge in [0.05, 0.1) is 36.4 Å². The van der Waals surface area contributed by atoms with Crippen molar-refractivity contribution < 1.29 is 38.1 Å². The summed E-state index contributed by atoms with van der Waals surface area (Å²) in [5, 5.41) is 38.4. The highest BCUT2D eigenvalue weighted by Gasteiger charge is 2.76. The van der Waals surface area contributed by atoms with Crippen LogP contribution in [0.5, 0.6) is 0 Å². The molecule has 4 aliphatic rings. The number of hydrogen-bond acceptors (Lipinski definition) is 8. The molecular formula is C35H66O8Si3. The van der Waals surface area contributed by atoms with Crippen molar-refractivity contribution in [3.05, 3.63) is 11.1 Å². The van der Waals surface area contributed by atoms with E-state index >= 15 is 4.79 Å². The number of ketones is 1. The van der Waals surface area contributed by atoms with Crippen LogP contribution in [0.2, 0.25) is 55.9 Å². The van der Waals surface area contributed by atoms with Gasteiger partial charge in [0.2, 0.25) is 0 Å². The van der Waals surface area contributed by atoms with Gasteiger partial charge in [-0.15, -0.1) is 0 Å². The lowest BCUT2D eigenvalue weighted by Crippen LogP contribution is -2.81. The molecule has 0 aromatic heterocycles. The molecule has 11 heteroatoms. The predicted molar refractivity (Wildman–Crippen MR) is 190 cm³/mol. The van der Waals surface area contributed by atoms with Crippen molar-refractivity contribution in [3.63, 3.8) is 0 Å². The Kier molecular flexibility index (Phi) is 10.8. The lowest BCUT2D eigenvalue weighted by Gasteiger charge is -2.68. The van der Waals surface area contributed by atoms with Crippen molar-refractivity contribution >= 4 is 30.7 Å². The first-order valence-corrected chi connectivity index (χ1v) is 26.7. The molecule has 1 saturated heterocycles. The molecule has 0 aromatic rings. The van der Waals surface area contributed by atoms with Gasteiger partial charge in [0.1, 0.15) is 17.3 Å². The molecule has 3 aliphatic carbocycles. The second-order valence-corrected chi connectivity index (χ2v) is 30.7. The van der Waals surface area contributed by atoms with E-state index in [1.165, 1.54) is 0 Å². The van der Waals surface area contributed by atoms with E-state index in [0.717, 1.165) is 47.4 Å². The van der Waals surface area contributed by atoms with Crippen LogP contribution in [0.4, 0.5) is 0 Å². The van der Waals surface area contributed by atoms with Crippen molar-refractivity contribution in [3.8, 4) is 0 Å². The number of carbonyl (C=O) groups is 1. The molecule has 3 N–H and O–H groups in total. The Morgan fingerprint density at radius 3 is 1.78 bits per heavy atom. The maximum absolute atomic E-state index is 15.9. The Morgan fingerprint density at radius 1 is 0.848 bits per heavy atom. The number of aliphatic hydroxyl groups is 3. The fraction of sp³-hybridized carbons (Fsp3) is 0.914. The maximum atomic E-state index is 15.9. The highest BCUT2D eigenvalue weighted by atomic mass is 28.4. The zero-order valence-corrected chi connectivity index (χ0v) is 34.2. The van der Waals surface area contributed by atoms with E-state index in [4.69, 9.17) is 18.0 Å². The number of aliphatic hydroxyl groups excluding tert-OH is 1. The second-order valence-electron chi connectivity index (χ2n) is 16.8. The molecule has 0 amide bonds. The summed E-state index contributed by atoms with van der Waals surface area (Å²) in [4.78, 5) is 15.9. The van der Waals surface area contributed by atoms with Crippen LogP contribution in [0.3, 0.4) is 0 Å². The van der Waals surface area contributed by atoms with Crippen molar-refractivity contribution in [1.29, 1.82) is 0 Å². The van der Waals surface area contributed by atoms with Gasteiger partial charge in [0.15, 0.2) is 30.7 Å². The Bertz CT molecular complexity index is 1160. The van der Waals surface area contributed by atoms with Crippen molar-refractivity contribution in [2.75, 3.05) is 6.61 Å². The third kappa shape index (κ3) is 5.68. The Hall–Kier alpha value is -0.219. The fourth-order valence-electron chi connectivity index (χ4n) is 9.70. The molecule has 3 fully saturated rings. The standard InChI is InChI=1S/C35H66O8Si3/c1-14-45(15-2,16-3)42-25-20-26-34(38,22-40-26)29-31(37)35(39)21-24(41-44(11,12)13)23(7)27(32(35,8)9)28(30(36)33(25,29)10)43-46(17-4,18-5)19-6/h24-26,28-29,31,37-39H,14-22H2,1-13H3/t24-,25-,26+,28+,29-,31-,33+,34-,35+/m0/s1. The first-order chi connectivity index (χ1) is 21.2. The minimum Gasteiger partial charge on any atom is -0.413 e. The van der Waals surface area contributed by atoms with E-state index in [1.807, 2.05) is 27.7 Å². The zero-order valence-electron chi connectivity index (χ0n) is 31.2. The summed E-state index contributed by atoms with van der Waals surface area (Å²) in [6, 6.07) is 5.27. The summed E-state index contributed by atoms with van der Waals surface area (Å²) in [6.45, 7) is 27.2. The first kappa shape index (κ1) is 38.6. The maximum Gasteiger partial charge on any atom is 0.193 e. The third-order valence-corrected chi connectivity index (χ3v) is 23.7. The Balaban J connectivity index is 2.08. The summed E-state index contributed by atoms with van der Waals surface area (Å²) in [6.07, 6.45) is -3.54. The largest absolute Gasteiger partial charge is 0.413 e. The summed E-state index contributed by atoms with van der Waals surface area (Å²) < 4.78 is 27.4. The van der Waals surface area contributed by atoms with Crippen LogP contribution in [-0.2, 0) is 22.8 Å². The van der Waals surface area contributed by atoms with Crippen LogP contribution in [-0.4, -0.2) is 94.4 Å². The van der Waals surface area contributed by atoms with Gasteiger partial charge in [-0.25, -0.2) is 0 Å². The van der Waals surface area contributed by atoms with Crippen LogP contribution in [0.25, 0.3) is 0 Å². The highest BCUT2D eigenvalue weighted by molar-refractivity contribution is 6.74. The Labute approximate surface area is 282 Å². The molecule has 0 spiro atoms. The van der Waals surface area contributed by atoms with Gasteiger partial charge in [-0.05, 0) is 80.9 Å². The predicted octanol–water partition coefficient (Wildman–Crippen LogP) is 6.56. The molecule has 2 saturated carbocycles. The molecule has 9 atom stereocenters. The molecule has 2 bridgehead atoms. The van der Waals surface area contributed by atoms with Gasteiger partial charge < -0.3 is 33.3 Å². The topological polar surface area (TPSA) is 115 Å². The van der Waals surface area contributed by atoms with Gasteiger partial charge >= 0.3 is 0 Å². The first-order valence-electron chi connectivity index (χ1n) is 18.2. The summed E-state index contributed by atoms with van der Waals surface area (Å²) >= 11 is 0. The number of hydrogen-bond donors (Lipinski definition) is 3. The van der Waals surface area contributed by atoms with Crippen molar-refractivity contribution in [2.24, 2.45) is 16.7 Å². The van der Waals surface area contributed by atoms with E-state index in [1.54, 1.807) is 0 Å². The minimum absolute atomic E-state index is 0.00302. The molecule has 4 rings (SSSR count). The van der Waals surface area contributed by atoms with Crippen LogP contribution >= 0.6 is 0 Å². The summed E-state index contributed by atoms with van der Waals surface area (Å²) in [5.74, 6) is -1.16. The van der Waals surface area contributed by atoms with Gasteiger partial charge in [-0.2, -0.15) is 0 Å². The second kappa shape index (κ2) is 12.8. The average Bonchev–Trinajstić information content (AvgIpc) is 2.99. The summed E-state index contributed by atoms with van der Waals surface area (Å²) in [7, 11) is -6.81. The van der Waals surface area contributed by atoms with Crippen molar-refractivity contribution in [2.45, 2.75) is 180 Å². The quantitative estimate of drug-likeness (QED) is 0.155. The van der Waals surface area contributed by atoms with E-state index in [9.17, 15) is 15.3 Å². The van der Waals surface area contributed by atoms with E-state index in [0.29, 0.717) is 6.42 Å². The van der Waals surface area contributed by atoms with Crippen LogP contribution in [0, 0.1) is 16.7 Å². The number of Topliss-reactive ketones (excluding diaryl/α,β-unsaturated/α-hetero) is 1. The molecule has 0 radical (unpaired) electrons. The normalized spacial score (nSPS) is 39.7. The number of ether oxygens (including phenoxy) is 1. The molecule has 0 unspecified atom stereocenters. The van der Waals surface area contributed by atoms with E-state index in [2.05, 4.69) is 61.2 Å².